The van der Waals surface area contributed by atoms with Gasteiger partial charge in [-0.15, -0.1) is 0 Å². The van der Waals surface area contributed by atoms with Gasteiger partial charge in [0.15, 0.2) is 0 Å². The van der Waals surface area contributed by atoms with E-state index in [2.05, 4.69) is 39.9 Å². The Morgan fingerprint density at radius 2 is 1.76 bits per heavy atom. The van der Waals surface area contributed by atoms with Crippen molar-refractivity contribution >= 4 is 0 Å². The van der Waals surface area contributed by atoms with E-state index in [-0.39, 0.29) is 5.60 Å². The van der Waals surface area contributed by atoms with Crippen LogP contribution in [0.5, 0.6) is 0 Å². The molecular weight excluding hydrogens is 262 g/mol. The lowest BCUT2D eigenvalue weighted by Crippen LogP contribution is -2.49. The van der Waals surface area contributed by atoms with Crippen LogP contribution in [0.4, 0.5) is 0 Å². The van der Waals surface area contributed by atoms with Crippen molar-refractivity contribution in [1.82, 2.24) is 5.32 Å². The normalized spacial score (nSPS) is 27.3. The van der Waals surface area contributed by atoms with Gasteiger partial charge in [-0.25, -0.2) is 0 Å². The van der Waals surface area contributed by atoms with Gasteiger partial charge < -0.3 is 14.8 Å². The lowest BCUT2D eigenvalue weighted by Gasteiger charge is -2.44. The van der Waals surface area contributed by atoms with Crippen LogP contribution in [0.3, 0.4) is 0 Å². The molecule has 126 valence electrons. The van der Waals surface area contributed by atoms with Crippen molar-refractivity contribution in [2.24, 2.45) is 11.3 Å². The zero-order chi connectivity index (χ0) is 15.9. The molecule has 0 aromatic rings. The van der Waals surface area contributed by atoms with Crippen LogP contribution in [0.1, 0.15) is 67.2 Å². The Hall–Kier alpha value is -0.120. The van der Waals surface area contributed by atoms with Crippen molar-refractivity contribution in [3.05, 3.63) is 0 Å². The van der Waals surface area contributed by atoms with Crippen LogP contribution in [0.2, 0.25) is 0 Å². The average Bonchev–Trinajstić information content (AvgIpc) is 2.41. The van der Waals surface area contributed by atoms with Crippen molar-refractivity contribution < 1.29 is 9.47 Å². The highest BCUT2D eigenvalue weighted by atomic mass is 16.5. The fourth-order valence-electron chi connectivity index (χ4n) is 3.23. The van der Waals surface area contributed by atoms with Gasteiger partial charge in [-0.05, 0) is 43.9 Å². The van der Waals surface area contributed by atoms with E-state index in [0.29, 0.717) is 24.7 Å². The second-order valence-corrected chi connectivity index (χ2v) is 7.90. The quantitative estimate of drug-likeness (QED) is 0.687. The van der Waals surface area contributed by atoms with Crippen LogP contribution in [0.15, 0.2) is 0 Å². The summed E-state index contributed by atoms with van der Waals surface area (Å²) in [5.41, 5.74) is 0.437. The van der Waals surface area contributed by atoms with Gasteiger partial charge in [0, 0.05) is 19.2 Å². The topological polar surface area (TPSA) is 30.5 Å². The minimum absolute atomic E-state index is 0.0170. The molecule has 1 aliphatic carbocycles. The Morgan fingerprint density at radius 3 is 2.24 bits per heavy atom. The van der Waals surface area contributed by atoms with Gasteiger partial charge in [0.05, 0.1) is 18.8 Å². The highest BCUT2D eigenvalue weighted by Gasteiger charge is 2.39. The molecule has 0 amide bonds. The van der Waals surface area contributed by atoms with Crippen LogP contribution in [-0.2, 0) is 9.47 Å². The molecule has 0 bridgehead atoms. The van der Waals surface area contributed by atoms with E-state index in [1.165, 1.54) is 25.7 Å². The third-order valence-electron chi connectivity index (χ3n) is 4.79. The van der Waals surface area contributed by atoms with E-state index in [1.807, 2.05) is 6.92 Å². The summed E-state index contributed by atoms with van der Waals surface area (Å²) in [6.45, 7) is 16.7. The molecule has 1 fully saturated rings. The Bertz CT molecular complexity index is 275. The van der Waals surface area contributed by atoms with E-state index in [9.17, 15) is 0 Å². The van der Waals surface area contributed by atoms with E-state index in [1.54, 1.807) is 0 Å². The van der Waals surface area contributed by atoms with E-state index in [4.69, 9.17) is 9.47 Å². The number of hydrogen-bond donors (Lipinski definition) is 1. The molecule has 0 aromatic heterocycles. The Kier molecular flexibility index (Phi) is 7.66. The number of hydrogen-bond acceptors (Lipinski definition) is 3. The molecule has 1 N–H and O–H groups in total. The van der Waals surface area contributed by atoms with Gasteiger partial charge in [0.2, 0.25) is 0 Å². The minimum Gasteiger partial charge on any atom is -0.379 e. The summed E-state index contributed by atoms with van der Waals surface area (Å²) in [5, 5.41) is 3.58. The molecule has 0 saturated heterocycles. The maximum Gasteiger partial charge on any atom is 0.0807 e. The number of nitrogens with one attached hydrogen (secondary N) is 1. The predicted octanol–water partition coefficient (Wildman–Crippen LogP) is 4.01. The van der Waals surface area contributed by atoms with Gasteiger partial charge in [-0.1, -0.05) is 34.6 Å². The van der Waals surface area contributed by atoms with Crippen molar-refractivity contribution in [3.8, 4) is 0 Å². The number of rotatable bonds is 8. The summed E-state index contributed by atoms with van der Waals surface area (Å²) in [6.07, 6.45) is 4.89. The van der Waals surface area contributed by atoms with Gasteiger partial charge in [-0.2, -0.15) is 0 Å². The van der Waals surface area contributed by atoms with Crippen molar-refractivity contribution in [2.45, 2.75) is 78.9 Å². The molecule has 0 heterocycles. The first-order valence-corrected chi connectivity index (χ1v) is 8.74. The molecule has 21 heavy (non-hydrogen) atoms. The molecule has 3 heteroatoms. The molecular formula is C18H37NO2. The maximum absolute atomic E-state index is 6.30. The van der Waals surface area contributed by atoms with Crippen LogP contribution < -0.4 is 5.32 Å². The van der Waals surface area contributed by atoms with Gasteiger partial charge in [0.25, 0.3) is 0 Å². The van der Waals surface area contributed by atoms with Crippen molar-refractivity contribution in [2.75, 3.05) is 26.4 Å². The zero-order valence-electron chi connectivity index (χ0n) is 15.1. The van der Waals surface area contributed by atoms with Crippen LogP contribution in [0, 0.1) is 11.3 Å². The minimum atomic E-state index is 0.0170. The summed E-state index contributed by atoms with van der Waals surface area (Å²) in [4.78, 5) is 0. The maximum atomic E-state index is 6.30. The monoisotopic (exact) mass is 299 g/mol. The largest absolute Gasteiger partial charge is 0.379 e. The summed E-state index contributed by atoms with van der Waals surface area (Å²) < 4.78 is 11.7. The molecule has 0 aliphatic heterocycles. The highest BCUT2D eigenvalue weighted by molar-refractivity contribution is 4.92. The highest BCUT2D eigenvalue weighted by Crippen LogP contribution is 2.42. The van der Waals surface area contributed by atoms with Crippen molar-refractivity contribution in [3.63, 3.8) is 0 Å². The average molecular weight is 299 g/mol. The fraction of sp³-hybridized carbons (Fsp3) is 1.00. The van der Waals surface area contributed by atoms with E-state index >= 15 is 0 Å². The molecule has 0 atom stereocenters. The first-order valence-electron chi connectivity index (χ1n) is 8.74. The Balaban J connectivity index is 2.54. The standard InChI is InChI=1S/C18H37NO2/c1-7-20-12-13-21-18(14-19-15(2)3)10-8-16(9-11-18)17(4,5)6/h15-16,19H,7-14H2,1-6H3. The third kappa shape index (κ3) is 6.66. The van der Waals surface area contributed by atoms with Gasteiger partial charge in [-0.3, -0.25) is 0 Å². The summed E-state index contributed by atoms with van der Waals surface area (Å²) in [6, 6.07) is 0.512. The van der Waals surface area contributed by atoms with Crippen LogP contribution in [0.25, 0.3) is 0 Å². The predicted molar refractivity (Wildman–Crippen MR) is 89.7 cm³/mol. The molecule has 0 unspecified atom stereocenters. The molecule has 0 spiro atoms. The fourth-order valence-corrected chi connectivity index (χ4v) is 3.23. The third-order valence-corrected chi connectivity index (χ3v) is 4.79. The van der Waals surface area contributed by atoms with E-state index < -0.39 is 0 Å². The molecule has 3 nitrogen and oxygen atoms in total. The first-order chi connectivity index (χ1) is 9.79. The Labute approximate surface area is 132 Å². The smallest absolute Gasteiger partial charge is 0.0807 e. The zero-order valence-corrected chi connectivity index (χ0v) is 15.1. The second-order valence-electron chi connectivity index (χ2n) is 7.90. The molecule has 1 rings (SSSR count). The molecule has 0 aromatic carbocycles. The molecule has 1 aliphatic rings. The van der Waals surface area contributed by atoms with Gasteiger partial charge in [0.1, 0.15) is 0 Å². The molecule has 0 radical (unpaired) electrons. The van der Waals surface area contributed by atoms with Crippen LogP contribution in [-0.4, -0.2) is 38.0 Å². The number of ether oxygens (including phenoxy) is 2. The first kappa shape index (κ1) is 18.9. The SMILES string of the molecule is CCOCCOC1(CNC(C)C)CCC(C(C)(C)C)CC1. The Morgan fingerprint density at radius 1 is 1.14 bits per heavy atom. The van der Waals surface area contributed by atoms with Crippen molar-refractivity contribution in [1.29, 1.82) is 0 Å². The van der Waals surface area contributed by atoms with E-state index in [0.717, 1.165) is 19.1 Å². The lowest BCUT2D eigenvalue weighted by atomic mass is 9.68. The summed E-state index contributed by atoms with van der Waals surface area (Å²) in [5.74, 6) is 0.820. The second kappa shape index (κ2) is 8.50. The van der Waals surface area contributed by atoms with Crippen LogP contribution >= 0.6 is 0 Å². The lowest BCUT2D eigenvalue weighted by molar-refractivity contribution is -0.0991. The summed E-state index contributed by atoms with van der Waals surface area (Å²) in [7, 11) is 0. The van der Waals surface area contributed by atoms with Gasteiger partial charge >= 0.3 is 0 Å². The molecule has 1 saturated carbocycles. The summed E-state index contributed by atoms with van der Waals surface area (Å²) >= 11 is 0.